The number of β-amino-alcohol motifs (C(OH)–C–C–N with tert-alkyl or cyclic N) is 10. The Morgan fingerprint density at radius 2 is 0.615 bits per heavy atom. The van der Waals surface area contributed by atoms with E-state index in [1.165, 1.54) is 28.6 Å². The van der Waals surface area contributed by atoms with Gasteiger partial charge in [0.2, 0.25) is 76.8 Å². The molecule has 10 aliphatic rings. The first-order chi connectivity index (χ1) is 49.4. The van der Waals surface area contributed by atoms with Gasteiger partial charge in [-0.15, -0.1) is 5.92 Å². The van der Waals surface area contributed by atoms with E-state index in [2.05, 4.69) is 33.1 Å². The van der Waals surface area contributed by atoms with Crippen molar-refractivity contribution in [2.24, 2.45) is 0 Å². The fourth-order valence-electron chi connectivity index (χ4n) is 16.1. The van der Waals surface area contributed by atoms with Crippen molar-refractivity contribution in [3.8, 4) is 11.8 Å². The van der Waals surface area contributed by atoms with E-state index in [0.29, 0.717) is 11.5 Å². The van der Waals surface area contributed by atoms with Crippen molar-refractivity contribution < 1.29 is 113 Å². The molecule has 0 aliphatic carbocycles. The summed E-state index contributed by atoms with van der Waals surface area (Å²) in [6.45, 7) is -1.06. The number of likely N-dealkylation sites (tertiary alicyclic amines) is 10. The summed E-state index contributed by atoms with van der Waals surface area (Å²) in [6.07, 6.45) is -15.9. The number of nitrogens with one attached hydrogen (secondary N) is 4. The van der Waals surface area contributed by atoms with Gasteiger partial charge in [-0.1, -0.05) is 27.5 Å². The SMILES string of the molecule is CC#CCNC(=O)CCSSCCNC(=O)C1CC(O)CN1C(=O)C1CC(O)CN1C(=O)C1CC(O)CN1C(=O)C1CC(O)CN1C(=O)C1CC(O)CN1C(=O)C1CC(O)CN1C(=O)C1CC(O)CN1C(=O)C1CC(O)CN1C(=O)C1CC(O)CN1C(=O)C1CC(O)CN1C(=O)CNC(=O)C(C)NC. The van der Waals surface area contributed by atoms with Gasteiger partial charge in [-0.05, 0) is 20.9 Å². The fourth-order valence-corrected chi connectivity index (χ4v) is 18.0. The highest BCUT2D eigenvalue weighted by Crippen LogP contribution is 2.37. The third-order valence-corrected chi connectivity index (χ3v) is 23.7. The van der Waals surface area contributed by atoms with Gasteiger partial charge in [-0.25, -0.2) is 0 Å². The number of aliphatic hydroxyl groups is 10. The molecule has 10 fully saturated rings. The number of carbonyl (C=O) groups excluding carboxylic acids is 13. The second kappa shape index (κ2) is 34.2. The number of amides is 13. The average molecular weight is 1510 g/mol. The van der Waals surface area contributed by atoms with E-state index < -0.39 is 277 Å². The molecule has 14 N–H and O–H groups in total. The van der Waals surface area contributed by atoms with Crippen LogP contribution in [-0.4, -0.2) is 408 Å². The van der Waals surface area contributed by atoms with E-state index in [-0.39, 0.29) is 83.5 Å². The molecule has 0 aromatic heterocycles. The second-order valence-corrected chi connectivity index (χ2v) is 31.3. The van der Waals surface area contributed by atoms with Crippen LogP contribution in [0.15, 0.2) is 0 Å². The van der Waals surface area contributed by atoms with Crippen LogP contribution < -0.4 is 21.3 Å². The number of aliphatic hydroxyl groups excluding tert-OH is 10. The van der Waals surface area contributed by atoms with Crippen molar-refractivity contribution in [1.29, 1.82) is 0 Å². The van der Waals surface area contributed by atoms with E-state index >= 15 is 4.79 Å². The largest absolute Gasteiger partial charge is 0.391 e. The first kappa shape index (κ1) is 79.5. The summed E-state index contributed by atoms with van der Waals surface area (Å²) in [7, 11) is 4.38. The molecule has 0 aromatic carbocycles. The highest BCUT2D eigenvalue weighted by molar-refractivity contribution is 8.76. The van der Waals surface area contributed by atoms with Gasteiger partial charge in [0.1, 0.15) is 60.4 Å². The van der Waals surface area contributed by atoms with Crippen LogP contribution in [0.1, 0.15) is 84.5 Å². The van der Waals surface area contributed by atoms with Crippen LogP contribution in [0.5, 0.6) is 0 Å². The molecule has 0 spiro atoms. The molecule has 21 atom stereocenters. The highest BCUT2D eigenvalue weighted by atomic mass is 33.1. The van der Waals surface area contributed by atoms with Crippen molar-refractivity contribution in [3.63, 3.8) is 0 Å². The molecule has 10 saturated heterocycles. The molecule has 10 rings (SSSR count). The zero-order valence-corrected chi connectivity index (χ0v) is 59.7. The number of hydrogen-bond donors (Lipinski definition) is 14. The van der Waals surface area contributed by atoms with Crippen LogP contribution in [0, 0.1) is 11.8 Å². The molecule has 0 radical (unpaired) electrons. The molecule has 10 aliphatic heterocycles. The Labute approximate surface area is 607 Å². The number of hydrogen-bond acceptors (Lipinski definition) is 26. The molecule has 39 heteroatoms. The Morgan fingerprint density at radius 3 is 0.894 bits per heavy atom. The third-order valence-electron chi connectivity index (χ3n) is 21.3. The monoisotopic (exact) mass is 1500 g/mol. The Kier molecular flexibility index (Phi) is 26.2. The molecule has 21 unspecified atom stereocenters. The summed E-state index contributed by atoms with van der Waals surface area (Å²) in [4.78, 5) is 195. The smallest absolute Gasteiger partial charge is 0.246 e. The van der Waals surface area contributed by atoms with Crippen LogP contribution in [0.25, 0.3) is 0 Å². The lowest BCUT2D eigenvalue weighted by Gasteiger charge is -2.37. The van der Waals surface area contributed by atoms with E-state index in [0.717, 1.165) is 49.0 Å². The van der Waals surface area contributed by atoms with Crippen LogP contribution in [0.2, 0.25) is 0 Å². The Hall–Kier alpha value is -7.07. The highest BCUT2D eigenvalue weighted by Gasteiger charge is 2.57. The summed E-state index contributed by atoms with van der Waals surface area (Å²) in [5, 5.41) is 121. The maximum Gasteiger partial charge on any atom is 0.246 e. The van der Waals surface area contributed by atoms with Gasteiger partial charge < -0.3 is 121 Å². The molecule has 13 amide bonds. The lowest BCUT2D eigenvalue weighted by Crippen LogP contribution is -2.59. The third kappa shape index (κ3) is 17.5. The van der Waals surface area contributed by atoms with Crippen LogP contribution in [0.3, 0.4) is 0 Å². The molecule has 576 valence electrons. The number of likely N-dealkylation sites (N-methyl/N-ethyl adjacent to an activating group) is 1. The summed E-state index contributed by atoms with van der Waals surface area (Å²) >= 11 is 0. The fraction of sp³-hybridized carbons (Fsp3) is 0.769. The quantitative estimate of drug-likeness (QED) is 0.0272. The zero-order valence-electron chi connectivity index (χ0n) is 58.1. The zero-order chi connectivity index (χ0) is 75.4. The molecule has 37 nitrogen and oxygen atoms in total. The van der Waals surface area contributed by atoms with Crippen LogP contribution in [0.4, 0.5) is 0 Å². The van der Waals surface area contributed by atoms with Gasteiger partial charge in [0, 0.05) is 154 Å². The predicted octanol–water partition coefficient (Wildman–Crippen LogP) is -10.6. The Morgan fingerprint density at radius 1 is 0.365 bits per heavy atom. The van der Waals surface area contributed by atoms with Crippen molar-refractivity contribution in [3.05, 3.63) is 0 Å². The van der Waals surface area contributed by atoms with Gasteiger partial charge in [-0.3, -0.25) is 62.3 Å². The minimum absolute atomic E-state index is 0.127. The first-order valence-electron chi connectivity index (χ1n) is 35.4. The second-order valence-electron chi connectivity index (χ2n) is 28.6. The van der Waals surface area contributed by atoms with Gasteiger partial charge in [0.05, 0.1) is 80.2 Å². The number of carbonyl (C=O) groups is 13. The molecular weight excluding hydrogens is 1410 g/mol. The Bertz CT molecular complexity index is 3360. The van der Waals surface area contributed by atoms with Crippen molar-refractivity contribution in [2.45, 2.75) is 212 Å². The average Bonchev–Trinajstić information content (AvgIpc) is 1.61. The van der Waals surface area contributed by atoms with Gasteiger partial charge in [0.25, 0.3) is 0 Å². The Balaban J connectivity index is 0.776. The normalized spacial score (nSPS) is 33.6. The summed E-state index contributed by atoms with van der Waals surface area (Å²) < 4.78 is 0. The number of rotatable bonds is 22. The minimum Gasteiger partial charge on any atom is -0.391 e. The van der Waals surface area contributed by atoms with Crippen LogP contribution in [-0.2, 0) is 62.3 Å². The maximum atomic E-state index is 15.0. The van der Waals surface area contributed by atoms with Gasteiger partial charge >= 0.3 is 0 Å². The van der Waals surface area contributed by atoms with Gasteiger partial charge in [-0.2, -0.15) is 0 Å². The van der Waals surface area contributed by atoms with Crippen LogP contribution >= 0.6 is 21.6 Å². The molecule has 0 bridgehead atoms. The summed E-state index contributed by atoms with van der Waals surface area (Å²) in [6, 6.07) is -15.2. The topological polar surface area (TPSA) is 505 Å². The molecule has 0 aromatic rings. The molecule has 10 heterocycles. The van der Waals surface area contributed by atoms with E-state index in [1.54, 1.807) is 13.8 Å². The predicted molar refractivity (Wildman–Crippen MR) is 362 cm³/mol. The van der Waals surface area contributed by atoms with Crippen molar-refractivity contribution >= 4 is 98.4 Å². The lowest BCUT2D eigenvalue weighted by atomic mass is 10.1. The molecular formula is C65H96N14O23S2. The molecule has 0 saturated carbocycles. The van der Waals surface area contributed by atoms with Gasteiger partial charge in [0.15, 0.2) is 0 Å². The summed E-state index contributed by atoms with van der Waals surface area (Å²) in [5.74, 6) is -3.52. The van der Waals surface area contributed by atoms with E-state index in [9.17, 15) is 109 Å². The molecule has 104 heavy (non-hydrogen) atoms. The standard InChI is InChI=1S/C65H96N14O23S2/c1-4-5-7-67-53(90)6-9-103-104-10-8-68-56(93)43-11-33(80)23-71(43)58(95)45-13-35(82)25-73(45)60(97)47-15-37(84)27-75(47)62(99)49-17-39(86)29-77(49)64(101)51-19-41(88)31-79(51)65(102)52-20-42(89)30-78(52)63(100)50-18-40(87)28-76(50)61(98)48-16-38(85)26-74(48)59(96)46-14-36(83)24-72(46)57(94)44-12-34(81)22-70(44)54(91)21-69-55(92)32(2)66-3/h32-52,66,80-89H,6-31H2,1-3H3,(H,67,90)(H,68,93)(H,69,92). The summed E-state index contributed by atoms with van der Waals surface area (Å²) in [5.41, 5.74) is 0. The lowest BCUT2D eigenvalue weighted by molar-refractivity contribution is -0.156. The van der Waals surface area contributed by atoms with Crippen molar-refractivity contribution in [2.75, 3.05) is 104 Å². The number of nitrogens with zero attached hydrogens (tertiary/aromatic N) is 10. The minimum atomic E-state index is -1.56. The van der Waals surface area contributed by atoms with E-state index in [1.807, 2.05) is 0 Å². The van der Waals surface area contributed by atoms with Crippen molar-refractivity contribution in [1.82, 2.24) is 70.3 Å². The van der Waals surface area contributed by atoms with E-state index in [4.69, 9.17) is 0 Å². The first-order valence-corrected chi connectivity index (χ1v) is 37.9. The maximum absolute atomic E-state index is 15.0.